The molecule has 1 fully saturated rings. The maximum atomic E-state index is 11.7. The number of carbonyl (C=O) groups is 1. The van der Waals surface area contributed by atoms with Gasteiger partial charge in [-0.05, 0) is 38.8 Å². The summed E-state index contributed by atoms with van der Waals surface area (Å²) < 4.78 is 16.0. The highest BCUT2D eigenvalue weighted by Gasteiger charge is 2.24. The summed E-state index contributed by atoms with van der Waals surface area (Å²) in [5.41, 5.74) is 0. The largest absolute Gasteiger partial charge is 0.456 e. The van der Waals surface area contributed by atoms with Crippen molar-refractivity contribution in [3.05, 3.63) is 17.9 Å². The van der Waals surface area contributed by atoms with Crippen molar-refractivity contribution in [2.45, 2.75) is 32.7 Å². The van der Waals surface area contributed by atoms with E-state index in [1.165, 1.54) is 0 Å². The van der Waals surface area contributed by atoms with Gasteiger partial charge >= 0.3 is 12.1 Å². The lowest BCUT2D eigenvalue weighted by atomic mass is 10.1. The molecule has 3 rings (SSSR count). The second-order valence-corrected chi connectivity index (χ2v) is 5.43. The Balaban J connectivity index is 1.53. The van der Waals surface area contributed by atoms with E-state index < -0.39 is 0 Å². The molecule has 0 aliphatic carbocycles. The summed E-state index contributed by atoms with van der Waals surface area (Å²) in [5.74, 6) is 1.70. The minimum Gasteiger partial charge on any atom is -0.456 e. The molecule has 0 unspecified atom stereocenters. The molecule has 0 bridgehead atoms. The van der Waals surface area contributed by atoms with Crippen LogP contribution in [0.5, 0.6) is 0 Å². The number of anilines is 1. The Bertz CT molecular complexity index is 658. The van der Waals surface area contributed by atoms with Crippen LogP contribution in [-0.4, -0.2) is 46.9 Å². The van der Waals surface area contributed by atoms with E-state index in [1.807, 2.05) is 13.0 Å². The van der Waals surface area contributed by atoms with Gasteiger partial charge in [0.25, 0.3) is 5.89 Å². The van der Waals surface area contributed by atoms with Crippen LogP contribution in [0.15, 0.2) is 21.0 Å². The maximum absolute atomic E-state index is 11.7. The molecule has 0 aromatic carbocycles. The zero-order chi connectivity index (χ0) is 16.2. The summed E-state index contributed by atoms with van der Waals surface area (Å²) in [5, 5.41) is 11.2. The molecule has 2 aromatic heterocycles. The van der Waals surface area contributed by atoms with Crippen molar-refractivity contribution in [3.63, 3.8) is 0 Å². The number of likely N-dealkylation sites (tertiary alicyclic amines) is 1. The molecule has 0 saturated carbocycles. The summed E-state index contributed by atoms with van der Waals surface area (Å²) in [6.07, 6.45) is 1.35. The molecule has 8 nitrogen and oxygen atoms in total. The van der Waals surface area contributed by atoms with E-state index in [0.717, 1.165) is 18.6 Å². The highest BCUT2D eigenvalue weighted by atomic mass is 16.6. The predicted molar refractivity (Wildman–Crippen MR) is 82.0 cm³/mol. The first-order valence-electron chi connectivity index (χ1n) is 7.74. The van der Waals surface area contributed by atoms with E-state index in [0.29, 0.717) is 37.4 Å². The van der Waals surface area contributed by atoms with Gasteiger partial charge in [0.1, 0.15) is 5.76 Å². The van der Waals surface area contributed by atoms with Gasteiger partial charge in [0.2, 0.25) is 0 Å². The monoisotopic (exact) mass is 320 g/mol. The summed E-state index contributed by atoms with van der Waals surface area (Å²) in [6, 6.07) is 4.19. The number of furan rings is 1. The summed E-state index contributed by atoms with van der Waals surface area (Å²) in [6.45, 7) is 5.36. The molecular weight excluding hydrogens is 300 g/mol. The standard InChI is InChI=1S/C15H20N4O4/c1-3-21-15(20)19-8-6-11(7-9-19)16-14-18-17-13(23-14)12-5-4-10(2)22-12/h4-5,11H,3,6-9H2,1-2H3,(H,16,18). The lowest BCUT2D eigenvalue weighted by Gasteiger charge is -2.31. The van der Waals surface area contributed by atoms with E-state index in [9.17, 15) is 4.79 Å². The molecular formula is C15H20N4O4. The third kappa shape index (κ3) is 3.64. The molecule has 3 heterocycles. The lowest BCUT2D eigenvalue weighted by molar-refractivity contribution is 0.0982. The average Bonchev–Trinajstić information content (AvgIpc) is 3.17. The number of aromatic nitrogens is 2. The smallest absolute Gasteiger partial charge is 0.409 e. The fourth-order valence-electron chi connectivity index (χ4n) is 2.53. The number of nitrogens with one attached hydrogen (secondary N) is 1. The molecule has 124 valence electrons. The number of hydrogen-bond donors (Lipinski definition) is 1. The quantitative estimate of drug-likeness (QED) is 0.925. The van der Waals surface area contributed by atoms with Gasteiger partial charge in [-0.3, -0.25) is 0 Å². The number of carbonyl (C=O) groups excluding carboxylic acids is 1. The number of piperidine rings is 1. The second kappa shape index (κ2) is 6.72. The van der Waals surface area contributed by atoms with Crippen molar-refractivity contribution < 1.29 is 18.4 Å². The first kappa shape index (κ1) is 15.4. The normalized spacial score (nSPS) is 15.7. The molecule has 1 aliphatic rings. The minimum atomic E-state index is -0.251. The van der Waals surface area contributed by atoms with Gasteiger partial charge in [0.05, 0.1) is 6.61 Å². The van der Waals surface area contributed by atoms with Gasteiger partial charge in [0, 0.05) is 19.1 Å². The average molecular weight is 320 g/mol. The van der Waals surface area contributed by atoms with Crippen molar-refractivity contribution in [1.29, 1.82) is 0 Å². The topological polar surface area (TPSA) is 93.6 Å². The van der Waals surface area contributed by atoms with Crippen LogP contribution in [0.2, 0.25) is 0 Å². The van der Waals surface area contributed by atoms with Crippen LogP contribution in [0.4, 0.5) is 10.8 Å². The van der Waals surface area contributed by atoms with Crippen LogP contribution in [0.1, 0.15) is 25.5 Å². The van der Waals surface area contributed by atoms with Crippen LogP contribution < -0.4 is 5.32 Å². The molecule has 0 spiro atoms. The van der Waals surface area contributed by atoms with Crippen LogP contribution >= 0.6 is 0 Å². The van der Waals surface area contributed by atoms with Gasteiger partial charge in [-0.2, -0.15) is 0 Å². The fourth-order valence-corrected chi connectivity index (χ4v) is 2.53. The Kier molecular flexibility index (Phi) is 4.50. The van der Waals surface area contributed by atoms with Gasteiger partial charge < -0.3 is 23.8 Å². The number of hydrogen-bond acceptors (Lipinski definition) is 7. The summed E-state index contributed by atoms with van der Waals surface area (Å²) >= 11 is 0. The van der Waals surface area contributed by atoms with Crippen molar-refractivity contribution in [3.8, 4) is 11.7 Å². The van der Waals surface area contributed by atoms with Gasteiger partial charge in [-0.25, -0.2) is 4.79 Å². The molecule has 8 heteroatoms. The molecule has 0 atom stereocenters. The highest BCUT2D eigenvalue weighted by Crippen LogP contribution is 2.23. The Morgan fingerprint density at radius 1 is 1.35 bits per heavy atom. The molecule has 1 N–H and O–H groups in total. The van der Waals surface area contributed by atoms with E-state index in [4.69, 9.17) is 13.6 Å². The lowest BCUT2D eigenvalue weighted by Crippen LogP contribution is -2.42. The van der Waals surface area contributed by atoms with Gasteiger partial charge in [-0.1, -0.05) is 5.10 Å². The Hall–Kier alpha value is -2.51. The Morgan fingerprint density at radius 3 is 2.78 bits per heavy atom. The van der Waals surface area contributed by atoms with Crippen LogP contribution in [0, 0.1) is 6.92 Å². The van der Waals surface area contributed by atoms with Gasteiger partial charge in [-0.15, -0.1) is 5.10 Å². The van der Waals surface area contributed by atoms with Crippen molar-refractivity contribution in [1.82, 2.24) is 15.1 Å². The Morgan fingerprint density at radius 2 is 2.13 bits per heavy atom. The minimum absolute atomic E-state index is 0.187. The number of amides is 1. The van der Waals surface area contributed by atoms with Gasteiger partial charge in [0.15, 0.2) is 5.76 Å². The van der Waals surface area contributed by atoms with Crippen molar-refractivity contribution in [2.24, 2.45) is 0 Å². The highest BCUT2D eigenvalue weighted by molar-refractivity contribution is 5.67. The van der Waals surface area contributed by atoms with Crippen molar-refractivity contribution >= 4 is 12.1 Å². The van der Waals surface area contributed by atoms with E-state index in [2.05, 4.69) is 15.5 Å². The number of aryl methyl sites for hydroxylation is 1. The van der Waals surface area contributed by atoms with Crippen LogP contribution in [-0.2, 0) is 4.74 Å². The van der Waals surface area contributed by atoms with E-state index in [-0.39, 0.29) is 12.1 Å². The fraction of sp³-hybridized carbons (Fsp3) is 0.533. The predicted octanol–water partition coefficient (Wildman–Crippen LogP) is 2.67. The van der Waals surface area contributed by atoms with Crippen LogP contribution in [0.25, 0.3) is 11.7 Å². The molecule has 23 heavy (non-hydrogen) atoms. The summed E-state index contributed by atoms with van der Waals surface area (Å²) in [7, 11) is 0. The Labute approximate surface area is 133 Å². The molecule has 1 aliphatic heterocycles. The SMILES string of the molecule is CCOC(=O)N1CCC(Nc2nnc(-c3ccc(C)o3)o2)CC1. The maximum Gasteiger partial charge on any atom is 0.409 e. The van der Waals surface area contributed by atoms with Crippen LogP contribution in [0.3, 0.4) is 0 Å². The first-order valence-corrected chi connectivity index (χ1v) is 7.74. The van der Waals surface area contributed by atoms with Crippen molar-refractivity contribution in [2.75, 3.05) is 25.0 Å². The molecule has 2 aromatic rings. The zero-order valence-corrected chi connectivity index (χ0v) is 13.2. The van der Waals surface area contributed by atoms with E-state index >= 15 is 0 Å². The zero-order valence-electron chi connectivity index (χ0n) is 13.2. The first-order chi connectivity index (χ1) is 11.2. The number of rotatable bonds is 4. The molecule has 1 amide bonds. The van der Waals surface area contributed by atoms with E-state index in [1.54, 1.807) is 17.9 Å². The third-order valence-corrected chi connectivity index (χ3v) is 3.72. The second-order valence-electron chi connectivity index (χ2n) is 5.43. The third-order valence-electron chi connectivity index (χ3n) is 3.72. The molecule has 0 radical (unpaired) electrons. The molecule has 1 saturated heterocycles. The number of ether oxygens (including phenoxy) is 1. The summed E-state index contributed by atoms with van der Waals surface area (Å²) in [4.78, 5) is 13.4. The number of nitrogens with zero attached hydrogens (tertiary/aromatic N) is 3.